The third kappa shape index (κ3) is 3.73. The van der Waals surface area contributed by atoms with Crippen LogP contribution in [0.2, 0.25) is 0 Å². The molecule has 1 aliphatic heterocycles. The number of benzene rings is 1. The van der Waals surface area contributed by atoms with E-state index in [4.69, 9.17) is 0 Å². The van der Waals surface area contributed by atoms with Crippen LogP contribution in [0.4, 0.5) is 5.69 Å². The first-order chi connectivity index (χ1) is 9.40. The van der Waals surface area contributed by atoms with Crippen molar-refractivity contribution in [1.82, 2.24) is 4.90 Å². The number of rotatable bonds is 4. The van der Waals surface area contributed by atoms with Gasteiger partial charge in [0.2, 0.25) is 0 Å². The highest BCUT2D eigenvalue weighted by Crippen LogP contribution is 2.22. The van der Waals surface area contributed by atoms with Gasteiger partial charge in [0, 0.05) is 18.3 Å². The summed E-state index contributed by atoms with van der Waals surface area (Å²) in [4.78, 5) is 2.57. The average molecular weight is 258 g/mol. The standard InChI is InChI=1S/C17H26N2/c1-2-8-16(9-3-1)18-17-10-6-7-15(13-17)14-19-11-4-5-12-19/h6-7,10,13,16,18H,1-5,8-9,11-12,14H2. The van der Waals surface area contributed by atoms with Crippen LogP contribution in [0.3, 0.4) is 0 Å². The Bertz CT molecular complexity index is 390. The molecule has 1 saturated carbocycles. The van der Waals surface area contributed by atoms with Gasteiger partial charge in [-0.1, -0.05) is 31.4 Å². The van der Waals surface area contributed by atoms with Crippen LogP contribution in [0.25, 0.3) is 0 Å². The third-order valence-corrected chi connectivity index (χ3v) is 4.51. The Morgan fingerprint density at radius 2 is 1.79 bits per heavy atom. The summed E-state index contributed by atoms with van der Waals surface area (Å²) in [6.07, 6.45) is 9.65. The van der Waals surface area contributed by atoms with Crippen LogP contribution in [0, 0.1) is 0 Å². The molecule has 3 rings (SSSR count). The maximum absolute atomic E-state index is 3.73. The zero-order chi connectivity index (χ0) is 12.9. The van der Waals surface area contributed by atoms with Gasteiger partial charge < -0.3 is 5.32 Å². The summed E-state index contributed by atoms with van der Waals surface area (Å²) in [5.74, 6) is 0. The zero-order valence-corrected chi connectivity index (χ0v) is 11.9. The molecule has 1 N–H and O–H groups in total. The molecule has 1 heterocycles. The molecule has 1 saturated heterocycles. The summed E-state index contributed by atoms with van der Waals surface area (Å²) < 4.78 is 0. The van der Waals surface area contributed by atoms with E-state index in [9.17, 15) is 0 Å². The van der Waals surface area contributed by atoms with E-state index in [0.29, 0.717) is 6.04 Å². The minimum absolute atomic E-state index is 0.704. The van der Waals surface area contributed by atoms with Crippen molar-refractivity contribution in [3.05, 3.63) is 29.8 Å². The molecule has 0 amide bonds. The van der Waals surface area contributed by atoms with E-state index in [-0.39, 0.29) is 0 Å². The van der Waals surface area contributed by atoms with Crippen molar-refractivity contribution in [1.29, 1.82) is 0 Å². The second-order valence-electron chi connectivity index (χ2n) is 6.16. The number of hydrogen-bond donors (Lipinski definition) is 1. The lowest BCUT2D eigenvalue weighted by atomic mass is 9.95. The number of hydrogen-bond acceptors (Lipinski definition) is 2. The highest BCUT2D eigenvalue weighted by Gasteiger charge is 2.14. The van der Waals surface area contributed by atoms with Gasteiger partial charge in [-0.15, -0.1) is 0 Å². The molecule has 0 bridgehead atoms. The predicted molar refractivity (Wildman–Crippen MR) is 81.4 cm³/mol. The van der Waals surface area contributed by atoms with Crippen LogP contribution >= 0.6 is 0 Å². The highest BCUT2D eigenvalue weighted by molar-refractivity contribution is 5.46. The molecule has 1 aromatic carbocycles. The van der Waals surface area contributed by atoms with Crippen LogP contribution in [0.5, 0.6) is 0 Å². The molecule has 104 valence electrons. The Balaban J connectivity index is 1.58. The maximum atomic E-state index is 3.73. The average Bonchev–Trinajstić information content (AvgIpc) is 2.93. The molecule has 2 aliphatic rings. The maximum Gasteiger partial charge on any atom is 0.0345 e. The molecule has 0 atom stereocenters. The van der Waals surface area contributed by atoms with E-state index in [1.165, 1.54) is 69.3 Å². The predicted octanol–water partition coefficient (Wildman–Crippen LogP) is 4.03. The van der Waals surface area contributed by atoms with Gasteiger partial charge in [0.05, 0.1) is 0 Å². The first-order valence-corrected chi connectivity index (χ1v) is 7.98. The minimum Gasteiger partial charge on any atom is -0.382 e. The topological polar surface area (TPSA) is 15.3 Å². The van der Waals surface area contributed by atoms with Gasteiger partial charge in [-0.2, -0.15) is 0 Å². The summed E-state index contributed by atoms with van der Waals surface area (Å²) in [5.41, 5.74) is 2.78. The lowest BCUT2D eigenvalue weighted by Gasteiger charge is -2.24. The summed E-state index contributed by atoms with van der Waals surface area (Å²) in [5, 5.41) is 3.73. The molecule has 1 aliphatic carbocycles. The lowest BCUT2D eigenvalue weighted by molar-refractivity contribution is 0.331. The van der Waals surface area contributed by atoms with Gasteiger partial charge in [0.1, 0.15) is 0 Å². The highest BCUT2D eigenvalue weighted by atomic mass is 15.1. The van der Waals surface area contributed by atoms with Gasteiger partial charge >= 0.3 is 0 Å². The minimum atomic E-state index is 0.704. The van der Waals surface area contributed by atoms with Gasteiger partial charge in [-0.25, -0.2) is 0 Å². The van der Waals surface area contributed by atoms with Crippen molar-refractivity contribution in [2.45, 2.75) is 57.5 Å². The number of likely N-dealkylation sites (tertiary alicyclic amines) is 1. The second-order valence-corrected chi connectivity index (χ2v) is 6.16. The van der Waals surface area contributed by atoms with Crippen molar-refractivity contribution >= 4 is 5.69 Å². The Morgan fingerprint density at radius 1 is 1.00 bits per heavy atom. The second kappa shape index (κ2) is 6.42. The van der Waals surface area contributed by atoms with E-state index < -0.39 is 0 Å². The first-order valence-electron chi connectivity index (χ1n) is 7.98. The largest absolute Gasteiger partial charge is 0.382 e. The molecular weight excluding hydrogens is 232 g/mol. The zero-order valence-electron chi connectivity index (χ0n) is 11.9. The summed E-state index contributed by atoms with van der Waals surface area (Å²) in [6, 6.07) is 9.76. The first kappa shape index (κ1) is 13.0. The SMILES string of the molecule is c1cc(CN2CCCC2)cc(NC2CCCCC2)c1. The molecule has 2 fully saturated rings. The fourth-order valence-corrected chi connectivity index (χ4v) is 3.44. The van der Waals surface area contributed by atoms with Gasteiger partial charge in [0.25, 0.3) is 0 Å². The lowest BCUT2D eigenvalue weighted by Crippen LogP contribution is -2.22. The van der Waals surface area contributed by atoms with E-state index in [1.807, 2.05) is 0 Å². The van der Waals surface area contributed by atoms with Crippen molar-refractivity contribution in [2.75, 3.05) is 18.4 Å². The van der Waals surface area contributed by atoms with Crippen LogP contribution in [0.1, 0.15) is 50.5 Å². The Kier molecular flexibility index (Phi) is 4.39. The van der Waals surface area contributed by atoms with Gasteiger partial charge in [0.15, 0.2) is 0 Å². The van der Waals surface area contributed by atoms with E-state index >= 15 is 0 Å². The molecule has 0 unspecified atom stereocenters. The van der Waals surface area contributed by atoms with Gasteiger partial charge in [-0.05, 0) is 56.5 Å². The molecule has 0 aromatic heterocycles. The molecular formula is C17H26N2. The Morgan fingerprint density at radius 3 is 2.58 bits per heavy atom. The molecule has 1 aromatic rings. The van der Waals surface area contributed by atoms with Crippen molar-refractivity contribution < 1.29 is 0 Å². The Hall–Kier alpha value is -1.02. The molecule has 0 radical (unpaired) electrons. The molecule has 0 spiro atoms. The molecule has 2 heteroatoms. The third-order valence-electron chi connectivity index (χ3n) is 4.51. The number of anilines is 1. The van der Waals surface area contributed by atoms with E-state index in [2.05, 4.69) is 34.5 Å². The van der Waals surface area contributed by atoms with E-state index in [0.717, 1.165) is 6.54 Å². The van der Waals surface area contributed by atoms with Crippen LogP contribution in [-0.4, -0.2) is 24.0 Å². The normalized spacial score (nSPS) is 21.7. The number of nitrogens with one attached hydrogen (secondary N) is 1. The fourth-order valence-electron chi connectivity index (χ4n) is 3.44. The van der Waals surface area contributed by atoms with Gasteiger partial charge in [-0.3, -0.25) is 4.90 Å². The smallest absolute Gasteiger partial charge is 0.0345 e. The Labute approximate surface area is 117 Å². The fraction of sp³-hybridized carbons (Fsp3) is 0.647. The van der Waals surface area contributed by atoms with Crippen LogP contribution < -0.4 is 5.32 Å². The number of nitrogens with zero attached hydrogens (tertiary/aromatic N) is 1. The van der Waals surface area contributed by atoms with Crippen molar-refractivity contribution in [3.63, 3.8) is 0 Å². The van der Waals surface area contributed by atoms with Crippen molar-refractivity contribution in [2.24, 2.45) is 0 Å². The van der Waals surface area contributed by atoms with E-state index in [1.54, 1.807) is 0 Å². The monoisotopic (exact) mass is 258 g/mol. The van der Waals surface area contributed by atoms with Crippen LogP contribution in [-0.2, 0) is 6.54 Å². The molecule has 2 nitrogen and oxygen atoms in total. The quantitative estimate of drug-likeness (QED) is 0.877. The summed E-state index contributed by atoms with van der Waals surface area (Å²) >= 11 is 0. The van der Waals surface area contributed by atoms with Crippen LogP contribution in [0.15, 0.2) is 24.3 Å². The van der Waals surface area contributed by atoms with Crippen molar-refractivity contribution in [3.8, 4) is 0 Å². The molecule has 19 heavy (non-hydrogen) atoms. The summed E-state index contributed by atoms with van der Waals surface area (Å²) in [6.45, 7) is 3.68. The summed E-state index contributed by atoms with van der Waals surface area (Å²) in [7, 11) is 0.